The van der Waals surface area contributed by atoms with Crippen molar-refractivity contribution in [3.05, 3.63) is 44.8 Å². The van der Waals surface area contributed by atoms with Crippen molar-refractivity contribution in [1.82, 2.24) is 9.78 Å². The third-order valence-electron chi connectivity index (χ3n) is 2.58. The second-order valence-corrected chi connectivity index (χ2v) is 5.35. The molecular formula is C12H7F5IN3O. The summed E-state index contributed by atoms with van der Waals surface area (Å²) in [6, 6.07) is 1.62. The Balaban J connectivity index is 2.35. The Morgan fingerprint density at radius 1 is 1.27 bits per heavy atom. The standard InChI is InChI=1S/C12H7F5IN3O/c1-21-4-6(10(20-21)12(15,16)17)11(22)19-5-2-7(13)9(18)8(14)3-5/h2-4H,1H3,(H,19,22). The number of amides is 1. The molecule has 1 aromatic carbocycles. The molecule has 1 N–H and O–H groups in total. The highest BCUT2D eigenvalue weighted by molar-refractivity contribution is 14.1. The van der Waals surface area contributed by atoms with Crippen molar-refractivity contribution in [1.29, 1.82) is 0 Å². The summed E-state index contributed by atoms with van der Waals surface area (Å²) in [6.07, 6.45) is -3.95. The van der Waals surface area contributed by atoms with Crippen molar-refractivity contribution in [3.63, 3.8) is 0 Å². The maximum atomic E-state index is 13.4. The minimum Gasteiger partial charge on any atom is -0.322 e. The molecule has 0 aliphatic carbocycles. The smallest absolute Gasteiger partial charge is 0.322 e. The minimum absolute atomic E-state index is 0.284. The third kappa shape index (κ3) is 3.36. The molecule has 0 aliphatic heterocycles. The molecule has 0 saturated heterocycles. The number of nitrogens with one attached hydrogen (secondary N) is 1. The molecule has 0 atom stereocenters. The van der Waals surface area contributed by atoms with Gasteiger partial charge in [-0.25, -0.2) is 8.78 Å². The van der Waals surface area contributed by atoms with E-state index in [1.54, 1.807) is 0 Å². The van der Waals surface area contributed by atoms with Gasteiger partial charge in [0.1, 0.15) is 11.6 Å². The van der Waals surface area contributed by atoms with Crippen LogP contribution in [0.3, 0.4) is 0 Å². The van der Waals surface area contributed by atoms with Crippen LogP contribution in [0.25, 0.3) is 0 Å². The van der Waals surface area contributed by atoms with Crippen LogP contribution < -0.4 is 5.32 Å². The summed E-state index contributed by atoms with van der Waals surface area (Å²) in [6.45, 7) is 0. The summed E-state index contributed by atoms with van der Waals surface area (Å²) in [5, 5.41) is 5.19. The maximum absolute atomic E-state index is 13.4. The normalized spacial score (nSPS) is 11.6. The van der Waals surface area contributed by atoms with Crippen LogP contribution in [0.2, 0.25) is 0 Å². The van der Waals surface area contributed by atoms with E-state index in [9.17, 15) is 26.7 Å². The Labute approximate surface area is 134 Å². The highest BCUT2D eigenvalue weighted by Gasteiger charge is 2.39. The molecule has 1 heterocycles. The van der Waals surface area contributed by atoms with E-state index in [0.717, 1.165) is 23.0 Å². The largest absolute Gasteiger partial charge is 0.435 e. The number of alkyl halides is 3. The lowest BCUT2D eigenvalue weighted by molar-refractivity contribution is -0.141. The van der Waals surface area contributed by atoms with Crippen LogP contribution in [0.5, 0.6) is 0 Å². The van der Waals surface area contributed by atoms with E-state index < -0.39 is 35.0 Å². The van der Waals surface area contributed by atoms with E-state index in [1.807, 2.05) is 5.32 Å². The number of hydrogen-bond donors (Lipinski definition) is 1. The van der Waals surface area contributed by atoms with Crippen molar-refractivity contribution in [2.45, 2.75) is 6.18 Å². The Bertz CT molecular complexity index is 718. The summed E-state index contributed by atoms with van der Waals surface area (Å²) in [5.74, 6) is -3.03. The van der Waals surface area contributed by atoms with Gasteiger partial charge >= 0.3 is 6.18 Å². The number of nitrogens with zero attached hydrogens (tertiary/aromatic N) is 2. The Morgan fingerprint density at radius 2 is 1.82 bits per heavy atom. The molecule has 0 spiro atoms. The molecule has 0 fully saturated rings. The summed E-state index contributed by atoms with van der Waals surface area (Å²) in [5.41, 5.74) is -2.41. The molecule has 0 saturated carbocycles. The average molecular weight is 431 g/mol. The molecule has 0 bridgehead atoms. The summed E-state index contributed by atoms with van der Waals surface area (Å²) >= 11 is 1.43. The Hall–Kier alpha value is -1.72. The average Bonchev–Trinajstić information content (AvgIpc) is 2.78. The number of hydrogen-bond acceptors (Lipinski definition) is 2. The van der Waals surface area contributed by atoms with E-state index in [2.05, 4.69) is 5.10 Å². The van der Waals surface area contributed by atoms with E-state index in [1.165, 1.54) is 29.6 Å². The minimum atomic E-state index is -4.82. The fraction of sp³-hybridized carbons (Fsp3) is 0.167. The molecule has 2 rings (SSSR count). The van der Waals surface area contributed by atoms with E-state index in [4.69, 9.17) is 0 Å². The van der Waals surface area contributed by atoms with E-state index in [0.29, 0.717) is 0 Å². The SMILES string of the molecule is Cn1cc(C(=O)Nc2cc(F)c(I)c(F)c2)c(C(F)(F)F)n1. The quantitative estimate of drug-likeness (QED) is 0.449. The molecule has 0 unspecified atom stereocenters. The van der Waals surface area contributed by atoms with Crippen LogP contribution in [0.4, 0.5) is 27.6 Å². The molecule has 1 amide bonds. The molecule has 0 aliphatic rings. The zero-order valence-electron chi connectivity index (χ0n) is 10.8. The number of benzene rings is 1. The lowest BCUT2D eigenvalue weighted by Crippen LogP contribution is -2.18. The number of carbonyl (C=O) groups excluding carboxylic acids is 1. The Kier molecular flexibility index (Phi) is 4.40. The fourth-order valence-electron chi connectivity index (χ4n) is 1.69. The second kappa shape index (κ2) is 5.82. The van der Waals surface area contributed by atoms with Gasteiger partial charge < -0.3 is 5.32 Å². The summed E-state index contributed by atoms with van der Waals surface area (Å²) in [7, 11) is 1.22. The van der Waals surface area contributed by atoms with E-state index in [-0.39, 0.29) is 9.26 Å². The zero-order valence-corrected chi connectivity index (χ0v) is 13.0. The van der Waals surface area contributed by atoms with Gasteiger partial charge in [0.15, 0.2) is 5.69 Å². The molecule has 1 aromatic heterocycles. The summed E-state index contributed by atoms with van der Waals surface area (Å²) < 4.78 is 65.6. The first-order chi connectivity index (χ1) is 10.1. The van der Waals surface area contributed by atoms with Crippen molar-refractivity contribution >= 4 is 34.2 Å². The third-order valence-corrected chi connectivity index (χ3v) is 3.61. The maximum Gasteiger partial charge on any atom is 0.435 e. The van der Waals surface area contributed by atoms with Gasteiger partial charge in [-0.05, 0) is 34.7 Å². The van der Waals surface area contributed by atoms with E-state index >= 15 is 0 Å². The first kappa shape index (κ1) is 16.6. The number of halogens is 6. The van der Waals surface area contributed by atoms with Gasteiger partial charge in [-0.1, -0.05) is 0 Å². The lowest BCUT2D eigenvalue weighted by atomic mass is 10.2. The fourth-order valence-corrected chi connectivity index (χ4v) is 2.00. The van der Waals surface area contributed by atoms with Crippen molar-refractivity contribution < 1.29 is 26.7 Å². The van der Waals surface area contributed by atoms with Crippen LogP contribution >= 0.6 is 22.6 Å². The van der Waals surface area contributed by atoms with Crippen LogP contribution in [0.15, 0.2) is 18.3 Å². The number of anilines is 1. The second-order valence-electron chi connectivity index (χ2n) is 4.27. The molecule has 4 nitrogen and oxygen atoms in total. The number of rotatable bonds is 2. The zero-order chi connectivity index (χ0) is 16.7. The first-order valence-electron chi connectivity index (χ1n) is 5.66. The van der Waals surface area contributed by atoms with Gasteiger partial charge in [-0.2, -0.15) is 18.3 Å². The lowest BCUT2D eigenvalue weighted by Gasteiger charge is -2.08. The number of aromatic nitrogens is 2. The Morgan fingerprint density at radius 3 is 2.32 bits per heavy atom. The molecule has 118 valence electrons. The van der Waals surface area contributed by atoms with Crippen LogP contribution in [0, 0.1) is 15.2 Å². The van der Waals surface area contributed by atoms with Gasteiger partial charge in [0.05, 0.1) is 9.13 Å². The molecule has 10 heteroatoms. The monoisotopic (exact) mass is 431 g/mol. The van der Waals surface area contributed by atoms with Crippen LogP contribution in [0.1, 0.15) is 16.1 Å². The van der Waals surface area contributed by atoms with Gasteiger partial charge in [0.25, 0.3) is 5.91 Å². The van der Waals surface area contributed by atoms with Crippen LogP contribution in [-0.2, 0) is 13.2 Å². The van der Waals surface area contributed by atoms with Gasteiger partial charge in [-0.15, -0.1) is 0 Å². The summed E-state index contributed by atoms with van der Waals surface area (Å²) in [4.78, 5) is 11.9. The molecule has 2 aromatic rings. The first-order valence-corrected chi connectivity index (χ1v) is 6.74. The van der Waals surface area contributed by atoms with Crippen LogP contribution in [-0.4, -0.2) is 15.7 Å². The topological polar surface area (TPSA) is 46.9 Å². The highest BCUT2D eigenvalue weighted by atomic mass is 127. The molecular weight excluding hydrogens is 424 g/mol. The predicted molar refractivity (Wildman–Crippen MR) is 75.2 cm³/mol. The molecule has 22 heavy (non-hydrogen) atoms. The number of aryl methyl sites for hydroxylation is 1. The van der Waals surface area contributed by atoms with Crippen molar-refractivity contribution in [2.75, 3.05) is 5.32 Å². The molecule has 0 radical (unpaired) electrons. The van der Waals surface area contributed by atoms with Crippen molar-refractivity contribution in [2.24, 2.45) is 7.05 Å². The predicted octanol–water partition coefficient (Wildman–Crippen LogP) is 3.57. The van der Waals surface area contributed by atoms with Gasteiger partial charge in [0.2, 0.25) is 0 Å². The number of carbonyl (C=O) groups is 1. The van der Waals surface area contributed by atoms with Gasteiger partial charge in [0, 0.05) is 18.9 Å². The van der Waals surface area contributed by atoms with Gasteiger partial charge in [-0.3, -0.25) is 9.48 Å². The van der Waals surface area contributed by atoms with Crippen molar-refractivity contribution in [3.8, 4) is 0 Å². The highest BCUT2D eigenvalue weighted by Crippen LogP contribution is 2.31.